The molecule has 0 saturated carbocycles. The van der Waals surface area contributed by atoms with Crippen molar-refractivity contribution in [1.29, 1.82) is 0 Å². The molecule has 0 fully saturated rings. The maximum atomic E-state index is 12.9. The van der Waals surface area contributed by atoms with E-state index in [0.29, 0.717) is 28.7 Å². The second kappa shape index (κ2) is 9.65. The molecule has 0 saturated heterocycles. The molecule has 0 atom stereocenters. The number of nitrogens with two attached hydrogens (primary N) is 1. The maximum Gasteiger partial charge on any atom is 0.407 e. The van der Waals surface area contributed by atoms with Gasteiger partial charge in [-0.2, -0.15) is 0 Å². The number of hydrogen-bond donors (Lipinski definition) is 3. The van der Waals surface area contributed by atoms with Crippen LogP contribution in [0.1, 0.15) is 40.3 Å². The van der Waals surface area contributed by atoms with Crippen LogP contribution < -0.4 is 16.4 Å². The molecule has 4 N–H and O–H groups in total. The average Bonchev–Trinajstić information content (AvgIpc) is 3.08. The number of amides is 3. The normalized spacial score (nSPS) is 10.8. The zero-order chi connectivity index (χ0) is 22.5. The number of nitrogens with one attached hydrogen (secondary N) is 2. The zero-order valence-corrected chi connectivity index (χ0v) is 18.6. The number of hydrogen-bond acceptors (Lipinski definition) is 5. The van der Waals surface area contributed by atoms with Crippen molar-refractivity contribution in [3.63, 3.8) is 0 Å². The fourth-order valence-corrected chi connectivity index (χ4v) is 3.20. The molecule has 0 aliphatic rings. The molecule has 0 aliphatic carbocycles. The summed E-state index contributed by atoms with van der Waals surface area (Å²) in [5, 5.41) is 5.91. The van der Waals surface area contributed by atoms with Gasteiger partial charge in [0.25, 0.3) is 11.8 Å². The van der Waals surface area contributed by atoms with Gasteiger partial charge < -0.3 is 25.5 Å². The quantitative estimate of drug-likeness (QED) is 0.454. The molecule has 3 rings (SSSR count). The topological polar surface area (TPSA) is 124 Å². The van der Waals surface area contributed by atoms with Crippen LogP contribution in [0.4, 0.5) is 10.5 Å². The fourth-order valence-electron chi connectivity index (χ4n) is 2.84. The third-order valence-corrected chi connectivity index (χ3v) is 4.78. The van der Waals surface area contributed by atoms with E-state index in [2.05, 4.69) is 26.6 Å². The maximum absolute atomic E-state index is 12.9. The average molecular weight is 488 g/mol. The zero-order valence-electron chi connectivity index (χ0n) is 17.0. The van der Waals surface area contributed by atoms with E-state index < -0.39 is 17.9 Å². The van der Waals surface area contributed by atoms with Crippen molar-refractivity contribution in [2.24, 2.45) is 11.7 Å². The van der Waals surface area contributed by atoms with E-state index >= 15 is 0 Å². The van der Waals surface area contributed by atoms with E-state index in [1.165, 1.54) is 0 Å². The summed E-state index contributed by atoms with van der Waals surface area (Å²) in [6.45, 7) is 4.42. The third-order valence-electron chi connectivity index (χ3n) is 4.29. The van der Waals surface area contributed by atoms with Crippen LogP contribution in [-0.2, 0) is 11.3 Å². The number of anilines is 1. The standard InChI is InChI=1S/C22H22BrN3O5/c1-12(2)11-30-22(29)25-10-13-4-3-5-14(8-13)21(28)26-18-16-9-15(23)6-7-17(16)31-19(18)20(24)27/h3-9,12H,10-11H2,1-2H3,(H2,24,27)(H,25,29)(H,26,28). The SMILES string of the molecule is CC(C)COC(=O)NCc1cccc(C(=O)Nc2c(C(N)=O)oc3ccc(Br)cc23)c1. The molecule has 31 heavy (non-hydrogen) atoms. The minimum Gasteiger partial charge on any atom is -0.449 e. The van der Waals surface area contributed by atoms with Crippen molar-refractivity contribution < 1.29 is 23.5 Å². The van der Waals surface area contributed by atoms with Crippen molar-refractivity contribution in [2.75, 3.05) is 11.9 Å². The number of carbonyl (C=O) groups is 3. The number of primary amides is 1. The van der Waals surface area contributed by atoms with Gasteiger partial charge >= 0.3 is 6.09 Å². The first kappa shape index (κ1) is 22.4. The molecule has 0 bridgehead atoms. The summed E-state index contributed by atoms with van der Waals surface area (Å²) in [7, 11) is 0. The summed E-state index contributed by atoms with van der Waals surface area (Å²) in [5.74, 6) is -1.13. The number of fused-ring (bicyclic) bond motifs is 1. The predicted octanol–water partition coefficient (Wildman–Crippen LogP) is 4.43. The lowest BCUT2D eigenvalue weighted by atomic mass is 10.1. The Hall–Kier alpha value is -3.33. The van der Waals surface area contributed by atoms with Gasteiger partial charge in [0.2, 0.25) is 5.76 Å². The summed E-state index contributed by atoms with van der Waals surface area (Å²) in [6, 6.07) is 11.9. The van der Waals surface area contributed by atoms with Crippen LogP contribution in [0, 0.1) is 5.92 Å². The first-order valence-electron chi connectivity index (χ1n) is 9.57. The Bertz CT molecular complexity index is 1140. The van der Waals surface area contributed by atoms with E-state index in [0.717, 1.165) is 4.47 Å². The molecular weight excluding hydrogens is 466 g/mol. The lowest BCUT2D eigenvalue weighted by molar-refractivity contribution is 0.0977. The Labute approximate surface area is 187 Å². The lowest BCUT2D eigenvalue weighted by Crippen LogP contribution is -2.25. The fraction of sp³-hybridized carbons (Fsp3) is 0.227. The molecule has 8 nitrogen and oxygen atoms in total. The molecule has 3 aromatic rings. The highest BCUT2D eigenvalue weighted by Gasteiger charge is 2.21. The molecular formula is C22H22BrN3O5. The molecule has 2 aromatic carbocycles. The van der Waals surface area contributed by atoms with Crippen molar-refractivity contribution in [3.8, 4) is 0 Å². The highest BCUT2D eigenvalue weighted by molar-refractivity contribution is 9.10. The molecule has 0 aliphatic heterocycles. The van der Waals surface area contributed by atoms with E-state index in [9.17, 15) is 14.4 Å². The van der Waals surface area contributed by atoms with Crippen molar-refractivity contribution >= 4 is 50.5 Å². The van der Waals surface area contributed by atoms with Gasteiger partial charge in [0.15, 0.2) is 0 Å². The van der Waals surface area contributed by atoms with Gasteiger partial charge in [-0.05, 0) is 41.8 Å². The minimum absolute atomic E-state index is 0.132. The van der Waals surface area contributed by atoms with Gasteiger partial charge in [-0.3, -0.25) is 9.59 Å². The Balaban J connectivity index is 1.76. The molecule has 0 unspecified atom stereocenters. The highest BCUT2D eigenvalue weighted by atomic mass is 79.9. The first-order valence-corrected chi connectivity index (χ1v) is 10.4. The van der Waals surface area contributed by atoms with Crippen molar-refractivity contribution in [1.82, 2.24) is 5.32 Å². The molecule has 3 amide bonds. The number of ether oxygens (including phenoxy) is 1. The third kappa shape index (κ3) is 5.64. The van der Waals surface area contributed by atoms with Gasteiger partial charge in [0.1, 0.15) is 11.3 Å². The number of furan rings is 1. The van der Waals surface area contributed by atoms with E-state index in [1.807, 2.05) is 13.8 Å². The van der Waals surface area contributed by atoms with Gasteiger partial charge in [0.05, 0.1) is 6.61 Å². The number of carbonyl (C=O) groups excluding carboxylic acids is 3. The molecule has 1 heterocycles. The van der Waals surface area contributed by atoms with Crippen LogP contribution in [0.5, 0.6) is 0 Å². The predicted molar refractivity (Wildman–Crippen MR) is 120 cm³/mol. The van der Waals surface area contributed by atoms with Crippen LogP contribution in [-0.4, -0.2) is 24.5 Å². The summed E-state index contributed by atoms with van der Waals surface area (Å²) in [4.78, 5) is 36.4. The number of rotatable bonds is 7. The summed E-state index contributed by atoms with van der Waals surface area (Å²) in [5.41, 5.74) is 7.10. The smallest absolute Gasteiger partial charge is 0.407 e. The van der Waals surface area contributed by atoms with Crippen LogP contribution in [0.25, 0.3) is 11.0 Å². The van der Waals surface area contributed by atoms with Crippen LogP contribution in [0.3, 0.4) is 0 Å². The summed E-state index contributed by atoms with van der Waals surface area (Å²) >= 11 is 3.37. The number of benzene rings is 2. The van der Waals surface area contributed by atoms with Gasteiger partial charge in [0, 0.05) is 22.0 Å². The van der Waals surface area contributed by atoms with E-state index in [-0.39, 0.29) is 23.9 Å². The van der Waals surface area contributed by atoms with E-state index in [1.54, 1.807) is 42.5 Å². The number of alkyl carbamates (subject to hydrolysis) is 1. The van der Waals surface area contributed by atoms with Crippen LogP contribution >= 0.6 is 15.9 Å². The monoisotopic (exact) mass is 487 g/mol. The van der Waals surface area contributed by atoms with Crippen molar-refractivity contribution in [3.05, 3.63) is 63.8 Å². The second-order valence-electron chi connectivity index (χ2n) is 7.31. The van der Waals surface area contributed by atoms with Gasteiger partial charge in [-0.1, -0.05) is 41.9 Å². The molecule has 162 valence electrons. The van der Waals surface area contributed by atoms with E-state index in [4.69, 9.17) is 14.9 Å². The van der Waals surface area contributed by atoms with Crippen molar-refractivity contribution in [2.45, 2.75) is 20.4 Å². The molecule has 0 radical (unpaired) electrons. The lowest BCUT2D eigenvalue weighted by Gasteiger charge is -2.10. The first-order chi connectivity index (χ1) is 14.7. The molecule has 1 aromatic heterocycles. The second-order valence-corrected chi connectivity index (χ2v) is 8.23. The summed E-state index contributed by atoms with van der Waals surface area (Å²) in [6.07, 6.45) is -0.523. The molecule has 0 spiro atoms. The van der Waals surface area contributed by atoms with Gasteiger partial charge in [-0.15, -0.1) is 0 Å². The number of halogens is 1. The minimum atomic E-state index is -0.791. The Kier molecular flexibility index (Phi) is 6.96. The van der Waals surface area contributed by atoms with Crippen LogP contribution in [0.2, 0.25) is 0 Å². The van der Waals surface area contributed by atoms with Crippen LogP contribution in [0.15, 0.2) is 51.4 Å². The highest BCUT2D eigenvalue weighted by Crippen LogP contribution is 2.33. The van der Waals surface area contributed by atoms with Gasteiger partial charge in [-0.25, -0.2) is 4.79 Å². The Morgan fingerprint density at radius 3 is 2.65 bits per heavy atom. The largest absolute Gasteiger partial charge is 0.449 e. The Morgan fingerprint density at radius 1 is 1.16 bits per heavy atom. The molecule has 9 heteroatoms. The summed E-state index contributed by atoms with van der Waals surface area (Å²) < 4.78 is 11.3. The Morgan fingerprint density at radius 2 is 1.94 bits per heavy atom.